The van der Waals surface area contributed by atoms with Crippen LogP contribution in [0.15, 0.2) is 30.5 Å². The van der Waals surface area contributed by atoms with Gasteiger partial charge in [0.15, 0.2) is 0 Å². The topological polar surface area (TPSA) is 162 Å². The zero-order chi connectivity index (χ0) is 35.0. The summed E-state index contributed by atoms with van der Waals surface area (Å²) in [4.78, 5) is 33.1. The van der Waals surface area contributed by atoms with Gasteiger partial charge in [-0.15, -0.1) is 11.3 Å². The number of halogens is 8. The van der Waals surface area contributed by atoms with Crippen molar-refractivity contribution in [3.63, 3.8) is 0 Å². The van der Waals surface area contributed by atoms with Crippen LogP contribution in [-0.4, -0.2) is 75.6 Å². The number of aliphatic carboxylic acids is 2. The van der Waals surface area contributed by atoms with Crippen LogP contribution in [0.1, 0.15) is 22.3 Å². The monoisotopic (exact) mass is 691 g/mol. The average Bonchev–Trinajstić information content (AvgIpc) is 3.56. The van der Waals surface area contributed by atoms with Crippen LogP contribution >= 0.6 is 11.3 Å². The summed E-state index contributed by atoms with van der Waals surface area (Å²) < 4.78 is 96.0. The third-order valence-corrected chi connectivity index (χ3v) is 8.25. The Morgan fingerprint density at radius 1 is 1.00 bits per heavy atom. The molecule has 1 fully saturated rings. The summed E-state index contributed by atoms with van der Waals surface area (Å²) in [6.45, 7) is 2.69. The van der Waals surface area contributed by atoms with E-state index in [4.69, 9.17) is 25.5 Å². The van der Waals surface area contributed by atoms with E-state index in [0.717, 1.165) is 24.3 Å². The van der Waals surface area contributed by atoms with Gasteiger partial charge in [-0.3, -0.25) is 4.79 Å². The predicted molar refractivity (Wildman–Crippen MR) is 151 cm³/mol. The number of carboxylic acid groups (broad SMARTS) is 2. The van der Waals surface area contributed by atoms with Gasteiger partial charge in [0.05, 0.1) is 21.3 Å². The molecule has 2 aromatic carbocycles. The van der Waals surface area contributed by atoms with Crippen molar-refractivity contribution in [2.45, 2.75) is 31.4 Å². The minimum Gasteiger partial charge on any atom is -0.475 e. The number of nitrogens with zero attached hydrogens (tertiary/aromatic N) is 3. The number of aromatic nitrogens is 1. The Morgan fingerprint density at radius 3 is 2.19 bits per heavy atom. The molecule has 0 spiro atoms. The summed E-state index contributed by atoms with van der Waals surface area (Å²) in [5.74, 6) is -6.79. The van der Waals surface area contributed by atoms with Gasteiger partial charge in [0, 0.05) is 54.8 Å². The molecular formula is C28H21F8N5O5S. The van der Waals surface area contributed by atoms with Crippen molar-refractivity contribution in [3.05, 3.63) is 53.2 Å². The first-order chi connectivity index (χ1) is 21.9. The number of hydrogen-bond donors (Lipinski definition) is 4. The van der Waals surface area contributed by atoms with Gasteiger partial charge >= 0.3 is 24.3 Å². The van der Waals surface area contributed by atoms with Gasteiger partial charge in [0.2, 0.25) is 0 Å². The number of aryl methyl sites for hydroxylation is 1. The second kappa shape index (κ2) is 13.0. The summed E-state index contributed by atoms with van der Waals surface area (Å²) in [7, 11) is 0. The highest BCUT2D eigenvalue weighted by Crippen LogP contribution is 2.44. The lowest BCUT2D eigenvalue weighted by molar-refractivity contribution is -0.193. The van der Waals surface area contributed by atoms with Crippen LogP contribution in [0.5, 0.6) is 0 Å². The highest BCUT2D eigenvalue weighted by molar-refractivity contribution is 7.23. The van der Waals surface area contributed by atoms with Crippen LogP contribution in [0, 0.1) is 23.0 Å². The minimum atomic E-state index is -5.08. The molecule has 0 radical (unpaired) electrons. The van der Waals surface area contributed by atoms with Crippen molar-refractivity contribution < 1.29 is 59.7 Å². The Labute approximate surface area is 262 Å². The summed E-state index contributed by atoms with van der Waals surface area (Å²) in [6, 6.07) is 7.94. The molecule has 250 valence electrons. The van der Waals surface area contributed by atoms with Gasteiger partial charge in [0.1, 0.15) is 22.7 Å². The normalized spacial score (nSPS) is 16.2. The number of carboxylic acids is 2. The molecule has 0 aliphatic carbocycles. The standard InChI is InChI=1S/C24H19F2N5OS.2C2HF3O2/c25-17-2-1-13(20-16(10-27)23(28)33-22(17)20)19-14-4-7-30-6-3-12-11-29-5-8-31(12)24(32)15(21(14)30)9-18(19)26;2*3-2(4,5)1(6)7/h1-2,4,7,9,12,29H,3,5-6,8,11,28H2;2*(H,6,7)/t12-;;/m1../s1. The number of nitrogens with two attached hydrogens (primary N) is 1. The molecule has 19 heteroatoms. The Morgan fingerprint density at radius 2 is 1.62 bits per heavy atom. The first kappa shape index (κ1) is 34.9. The Hall–Kier alpha value is -4.96. The molecular weight excluding hydrogens is 670 g/mol. The molecule has 6 rings (SSSR count). The number of nitriles is 1. The highest BCUT2D eigenvalue weighted by Gasteiger charge is 2.39. The van der Waals surface area contributed by atoms with Gasteiger partial charge in [-0.1, -0.05) is 6.07 Å². The lowest BCUT2D eigenvalue weighted by atomic mass is 9.93. The van der Waals surface area contributed by atoms with Gasteiger partial charge in [-0.05, 0) is 30.2 Å². The second-order valence-corrected chi connectivity index (χ2v) is 11.1. The average molecular weight is 692 g/mol. The fourth-order valence-corrected chi connectivity index (χ4v) is 6.18. The number of nitrogen functional groups attached to an aromatic ring is 1. The minimum absolute atomic E-state index is 0.0586. The second-order valence-electron chi connectivity index (χ2n) is 10.1. The van der Waals surface area contributed by atoms with E-state index in [1.165, 1.54) is 18.2 Å². The van der Waals surface area contributed by atoms with Crippen molar-refractivity contribution in [2.24, 2.45) is 0 Å². The number of alkyl halides is 6. The molecule has 10 nitrogen and oxygen atoms in total. The first-order valence-corrected chi connectivity index (χ1v) is 14.0. The molecule has 0 saturated carbocycles. The zero-order valence-electron chi connectivity index (χ0n) is 23.5. The molecule has 4 heterocycles. The fourth-order valence-electron chi connectivity index (χ4n) is 5.23. The number of hydrogen-bond acceptors (Lipinski definition) is 7. The number of piperazine rings is 1. The van der Waals surface area contributed by atoms with E-state index in [1.54, 1.807) is 6.07 Å². The number of benzene rings is 2. The molecule has 4 aromatic rings. The molecule has 2 aliphatic heterocycles. The van der Waals surface area contributed by atoms with E-state index < -0.39 is 35.9 Å². The summed E-state index contributed by atoms with van der Waals surface area (Å²) >= 11 is 0.979. The van der Waals surface area contributed by atoms with Crippen LogP contribution in [0.2, 0.25) is 0 Å². The highest BCUT2D eigenvalue weighted by atomic mass is 32.1. The number of nitrogens with one attached hydrogen (secondary N) is 1. The molecule has 47 heavy (non-hydrogen) atoms. The molecule has 0 bridgehead atoms. The van der Waals surface area contributed by atoms with E-state index in [-0.39, 0.29) is 32.8 Å². The van der Waals surface area contributed by atoms with Gasteiger partial charge in [0.25, 0.3) is 5.91 Å². The van der Waals surface area contributed by atoms with E-state index >= 15 is 4.39 Å². The maximum Gasteiger partial charge on any atom is 0.490 e. The number of amides is 1. The number of rotatable bonds is 1. The summed E-state index contributed by atoms with van der Waals surface area (Å²) in [5, 5.41) is 28.3. The first-order valence-electron chi connectivity index (χ1n) is 13.2. The zero-order valence-corrected chi connectivity index (χ0v) is 24.3. The van der Waals surface area contributed by atoms with Crippen molar-refractivity contribution in [1.82, 2.24) is 14.8 Å². The lowest BCUT2D eigenvalue weighted by Crippen LogP contribution is -2.54. The molecule has 5 N–H and O–H groups in total. The van der Waals surface area contributed by atoms with Crippen molar-refractivity contribution >= 4 is 55.2 Å². The predicted octanol–water partition coefficient (Wildman–Crippen LogP) is 5.34. The van der Waals surface area contributed by atoms with Crippen LogP contribution < -0.4 is 11.1 Å². The lowest BCUT2D eigenvalue weighted by Gasteiger charge is -2.38. The quantitative estimate of drug-likeness (QED) is 0.195. The van der Waals surface area contributed by atoms with Crippen molar-refractivity contribution in [2.75, 3.05) is 25.4 Å². The molecule has 2 aliphatic rings. The van der Waals surface area contributed by atoms with Crippen molar-refractivity contribution in [1.29, 1.82) is 5.26 Å². The number of carbonyl (C=O) groups is 3. The van der Waals surface area contributed by atoms with Gasteiger partial charge in [-0.25, -0.2) is 18.4 Å². The van der Waals surface area contributed by atoms with E-state index in [0.29, 0.717) is 47.1 Å². The maximum absolute atomic E-state index is 15.8. The smallest absolute Gasteiger partial charge is 0.475 e. The third-order valence-electron chi connectivity index (χ3n) is 7.23. The fraction of sp³-hybridized carbons (Fsp3) is 0.286. The van der Waals surface area contributed by atoms with E-state index in [2.05, 4.69) is 5.32 Å². The van der Waals surface area contributed by atoms with E-state index in [9.17, 15) is 40.8 Å². The number of carbonyl (C=O) groups excluding carboxylic acids is 1. The van der Waals surface area contributed by atoms with Crippen LogP contribution in [0.25, 0.3) is 32.1 Å². The SMILES string of the molecule is N#Cc1c(N)sc2c(F)ccc(-c3c(F)cc4c5c3ccn5CC[C@@H]3CNCCN3C4=O)c12.O=C(O)C(F)(F)F.O=C(O)C(F)(F)F. The van der Waals surface area contributed by atoms with Crippen molar-refractivity contribution in [3.8, 4) is 17.2 Å². The van der Waals surface area contributed by atoms with Crippen LogP contribution in [0.3, 0.4) is 0 Å². The van der Waals surface area contributed by atoms with Crippen LogP contribution in [-0.2, 0) is 16.1 Å². The molecule has 0 unspecified atom stereocenters. The van der Waals surface area contributed by atoms with E-state index in [1.807, 2.05) is 21.7 Å². The maximum atomic E-state index is 15.8. The molecule has 1 amide bonds. The largest absolute Gasteiger partial charge is 0.490 e. The van der Waals surface area contributed by atoms with Gasteiger partial charge < -0.3 is 30.7 Å². The Balaban J connectivity index is 0.000000301. The third kappa shape index (κ3) is 6.92. The van der Waals surface area contributed by atoms with Crippen LogP contribution in [0.4, 0.5) is 40.1 Å². The molecule has 2 aromatic heterocycles. The Bertz CT molecular complexity index is 1900. The number of anilines is 1. The Kier molecular flexibility index (Phi) is 9.68. The molecule has 1 atom stereocenters. The molecule has 1 saturated heterocycles. The summed E-state index contributed by atoms with van der Waals surface area (Å²) in [6.07, 6.45) is -7.51. The number of thiophene rings is 1. The summed E-state index contributed by atoms with van der Waals surface area (Å²) in [5.41, 5.74) is 7.75. The van der Waals surface area contributed by atoms with Gasteiger partial charge in [-0.2, -0.15) is 31.6 Å². The number of fused-ring (bicyclic) bond motifs is 2.